The van der Waals surface area contributed by atoms with Crippen LogP contribution in [0.4, 0.5) is 17.5 Å². The molecule has 1 atom stereocenters. The van der Waals surface area contributed by atoms with Gasteiger partial charge in [0.2, 0.25) is 5.95 Å². The second-order valence-corrected chi connectivity index (χ2v) is 11.1. The van der Waals surface area contributed by atoms with Crippen LogP contribution in [0.15, 0.2) is 67.0 Å². The summed E-state index contributed by atoms with van der Waals surface area (Å²) < 4.78 is 0. The number of rotatable bonds is 7. The van der Waals surface area contributed by atoms with E-state index in [9.17, 15) is 9.90 Å². The number of carbonyl (C=O) groups excluding carboxylic acids is 1. The van der Waals surface area contributed by atoms with Gasteiger partial charge in [-0.15, -0.1) is 0 Å². The highest BCUT2D eigenvalue weighted by atomic mass is 35.5. The van der Waals surface area contributed by atoms with Crippen LogP contribution in [0.25, 0.3) is 22.8 Å². The summed E-state index contributed by atoms with van der Waals surface area (Å²) in [5.41, 5.74) is 6.40. The first-order chi connectivity index (χ1) is 20.9. The van der Waals surface area contributed by atoms with Gasteiger partial charge in [-0.05, 0) is 91.9 Å². The normalized spacial score (nSPS) is 16.8. The van der Waals surface area contributed by atoms with Crippen LogP contribution in [0.3, 0.4) is 0 Å². The van der Waals surface area contributed by atoms with E-state index >= 15 is 0 Å². The number of halogens is 1. The number of carbonyl (C=O) groups is 1. The Hall–Kier alpha value is -4.31. The first-order valence-corrected chi connectivity index (χ1v) is 14.9. The molecule has 4 aromatic rings. The van der Waals surface area contributed by atoms with Gasteiger partial charge in [-0.3, -0.25) is 9.78 Å². The second-order valence-electron chi connectivity index (χ2n) is 10.7. The highest BCUT2D eigenvalue weighted by molar-refractivity contribution is 6.33. The summed E-state index contributed by atoms with van der Waals surface area (Å²) in [7, 11) is 1.57. The quantitative estimate of drug-likeness (QED) is 0.223. The SMILES string of the molecule is CCN1c2nc(Nc3ccc(C4CCNCC4)cc3)ncc2C=C(c2ccc(-c3ccnc(C(=O)NC)c3)cc2Cl)C1O. The lowest BCUT2D eigenvalue weighted by Gasteiger charge is -2.34. The van der Waals surface area contributed by atoms with Crippen LogP contribution in [-0.4, -0.2) is 58.9 Å². The summed E-state index contributed by atoms with van der Waals surface area (Å²) in [6, 6.07) is 17.7. The van der Waals surface area contributed by atoms with Crippen LogP contribution < -0.4 is 20.9 Å². The number of piperidine rings is 1. The Kier molecular flexibility index (Phi) is 8.38. The molecule has 0 bridgehead atoms. The lowest BCUT2D eigenvalue weighted by molar-refractivity contribution is 0.0958. The molecule has 0 spiro atoms. The molecule has 43 heavy (non-hydrogen) atoms. The van der Waals surface area contributed by atoms with Crippen molar-refractivity contribution in [2.45, 2.75) is 31.9 Å². The van der Waals surface area contributed by atoms with E-state index in [1.807, 2.05) is 42.2 Å². The molecule has 6 rings (SSSR count). The van der Waals surface area contributed by atoms with Crippen molar-refractivity contribution in [3.05, 3.63) is 94.4 Å². The van der Waals surface area contributed by atoms with Crippen molar-refractivity contribution in [3.63, 3.8) is 0 Å². The van der Waals surface area contributed by atoms with Gasteiger partial charge in [0.15, 0.2) is 6.23 Å². The van der Waals surface area contributed by atoms with Gasteiger partial charge in [-0.25, -0.2) is 4.98 Å². The predicted octanol–water partition coefficient (Wildman–Crippen LogP) is 5.46. The van der Waals surface area contributed by atoms with Gasteiger partial charge in [0.05, 0.1) is 0 Å². The van der Waals surface area contributed by atoms with Crippen molar-refractivity contribution in [1.82, 2.24) is 25.6 Å². The molecule has 1 unspecified atom stereocenters. The molecule has 10 heteroatoms. The monoisotopic (exact) mass is 595 g/mol. The number of hydrogen-bond acceptors (Lipinski definition) is 8. The first-order valence-electron chi connectivity index (χ1n) is 14.5. The van der Waals surface area contributed by atoms with Crippen LogP contribution in [0.5, 0.6) is 0 Å². The Balaban J connectivity index is 1.25. The molecule has 4 N–H and O–H groups in total. The van der Waals surface area contributed by atoms with Crippen molar-refractivity contribution >= 4 is 46.6 Å². The van der Waals surface area contributed by atoms with Crippen LogP contribution in [0.1, 0.15) is 52.9 Å². The van der Waals surface area contributed by atoms with E-state index in [1.165, 1.54) is 5.56 Å². The smallest absolute Gasteiger partial charge is 0.269 e. The molecule has 1 saturated heterocycles. The van der Waals surface area contributed by atoms with Gasteiger partial charge in [0.1, 0.15) is 11.5 Å². The van der Waals surface area contributed by atoms with E-state index in [-0.39, 0.29) is 5.91 Å². The summed E-state index contributed by atoms with van der Waals surface area (Å²) in [4.78, 5) is 27.4. The summed E-state index contributed by atoms with van der Waals surface area (Å²) in [5.74, 6) is 1.45. The number of nitrogens with one attached hydrogen (secondary N) is 3. The molecule has 2 aliphatic heterocycles. The van der Waals surface area contributed by atoms with Gasteiger partial charge < -0.3 is 26.0 Å². The van der Waals surface area contributed by atoms with Gasteiger partial charge in [-0.2, -0.15) is 4.98 Å². The average Bonchev–Trinajstić information content (AvgIpc) is 3.05. The van der Waals surface area contributed by atoms with Gasteiger partial charge >= 0.3 is 0 Å². The minimum Gasteiger partial charge on any atom is -0.369 e. The molecule has 2 aromatic carbocycles. The van der Waals surface area contributed by atoms with E-state index in [4.69, 9.17) is 16.6 Å². The zero-order valence-electron chi connectivity index (χ0n) is 24.1. The maximum absolute atomic E-state index is 12.0. The Morgan fingerprint density at radius 2 is 1.84 bits per heavy atom. The molecule has 1 fully saturated rings. The summed E-state index contributed by atoms with van der Waals surface area (Å²) in [5, 5.41) is 21.3. The van der Waals surface area contributed by atoms with Crippen LogP contribution in [0, 0.1) is 0 Å². The highest BCUT2D eigenvalue weighted by Crippen LogP contribution is 2.39. The molecule has 0 aliphatic carbocycles. The number of nitrogens with zero attached hydrogens (tertiary/aromatic N) is 4. The zero-order chi connectivity index (χ0) is 29.9. The lowest BCUT2D eigenvalue weighted by Crippen LogP contribution is -2.39. The van der Waals surface area contributed by atoms with Crippen LogP contribution in [0.2, 0.25) is 5.02 Å². The van der Waals surface area contributed by atoms with Gasteiger partial charge in [0.25, 0.3) is 5.91 Å². The largest absolute Gasteiger partial charge is 0.369 e. The van der Waals surface area contributed by atoms with Crippen molar-refractivity contribution < 1.29 is 9.90 Å². The number of pyridine rings is 1. The van der Waals surface area contributed by atoms with Gasteiger partial charge in [-0.1, -0.05) is 35.9 Å². The number of fused-ring (bicyclic) bond motifs is 1. The number of aliphatic hydroxyl groups excluding tert-OH is 1. The summed E-state index contributed by atoms with van der Waals surface area (Å²) in [6.45, 7) is 4.63. The van der Waals surface area contributed by atoms with E-state index in [0.717, 1.165) is 48.3 Å². The third-order valence-corrected chi connectivity index (χ3v) is 8.42. The number of hydrogen-bond donors (Lipinski definition) is 4. The topological polar surface area (TPSA) is 115 Å². The van der Waals surface area contributed by atoms with Crippen molar-refractivity contribution in [2.75, 3.05) is 36.9 Å². The fourth-order valence-electron chi connectivity index (χ4n) is 5.75. The fraction of sp³-hybridized carbons (Fsp3) is 0.273. The Labute approximate surface area is 256 Å². The van der Waals surface area contributed by atoms with E-state index in [2.05, 4.69) is 50.2 Å². The standard InChI is InChI=1S/C33H34ClN7O2/c1-3-41-30-24(19-38-33(40-30)39-25-7-4-20(5-8-25)21-10-13-36-14-11-21)16-27(32(41)43)26-9-6-22(17-28(26)34)23-12-15-37-29(18-23)31(42)35-2/h4-9,12,15-19,21,32,36,43H,3,10-11,13-14H2,1-2H3,(H,35,42)(H,38,39,40). The molecular formula is C33H34ClN7O2. The molecular weight excluding hydrogens is 562 g/mol. The van der Waals surface area contributed by atoms with E-state index in [1.54, 1.807) is 25.5 Å². The van der Waals surface area contributed by atoms with Crippen molar-refractivity contribution in [2.24, 2.45) is 0 Å². The van der Waals surface area contributed by atoms with Crippen molar-refractivity contribution in [1.29, 1.82) is 0 Å². The maximum Gasteiger partial charge on any atom is 0.269 e. The minimum absolute atomic E-state index is 0.260. The second kappa shape index (κ2) is 12.5. The Bertz CT molecular complexity index is 1670. The van der Waals surface area contributed by atoms with Crippen LogP contribution >= 0.6 is 11.6 Å². The number of aliphatic hydroxyl groups is 1. The Morgan fingerprint density at radius 1 is 1.07 bits per heavy atom. The molecule has 1 amide bonds. The first kappa shape index (κ1) is 28.8. The number of amides is 1. The molecule has 220 valence electrons. The molecule has 9 nitrogen and oxygen atoms in total. The minimum atomic E-state index is -0.950. The van der Waals surface area contributed by atoms with E-state index < -0.39 is 6.23 Å². The number of likely N-dealkylation sites (N-methyl/N-ethyl adjacent to an activating group) is 1. The molecule has 0 radical (unpaired) electrons. The van der Waals surface area contributed by atoms with E-state index in [0.29, 0.717) is 46.1 Å². The number of aromatic nitrogens is 3. The molecule has 4 heterocycles. The van der Waals surface area contributed by atoms with Gasteiger partial charge in [0, 0.05) is 53.4 Å². The average molecular weight is 596 g/mol. The van der Waals surface area contributed by atoms with Crippen molar-refractivity contribution in [3.8, 4) is 11.1 Å². The predicted molar refractivity (Wildman–Crippen MR) is 172 cm³/mol. The summed E-state index contributed by atoms with van der Waals surface area (Å²) in [6.07, 6.45) is 6.62. The number of benzene rings is 2. The highest BCUT2D eigenvalue weighted by Gasteiger charge is 2.30. The molecule has 2 aliphatic rings. The number of anilines is 3. The molecule has 0 saturated carbocycles. The third kappa shape index (κ3) is 5.97. The molecule has 2 aromatic heterocycles. The Morgan fingerprint density at radius 3 is 2.56 bits per heavy atom. The third-order valence-electron chi connectivity index (χ3n) is 8.10. The zero-order valence-corrected chi connectivity index (χ0v) is 24.9. The fourth-order valence-corrected chi connectivity index (χ4v) is 6.04. The summed E-state index contributed by atoms with van der Waals surface area (Å²) >= 11 is 6.79. The lowest BCUT2D eigenvalue weighted by atomic mass is 9.90. The van der Waals surface area contributed by atoms with Crippen LogP contribution in [-0.2, 0) is 0 Å². The maximum atomic E-state index is 12.0.